The van der Waals surface area contributed by atoms with Crippen LogP contribution >= 0.6 is 171 Å². The summed E-state index contributed by atoms with van der Waals surface area (Å²) in [4.78, 5) is 0. The fourth-order valence-electron chi connectivity index (χ4n) is 3.03. The average molecular weight is 1310 g/mol. The van der Waals surface area contributed by atoms with Crippen LogP contribution in [0.3, 0.4) is 0 Å². The Morgan fingerprint density at radius 1 is 0.265 bits per heavy atom. The van der Waals surface area contributed by atoms with Gasteiger partial charge < -0.3 is 0 Å². The molecule has 0 spiro atoms. The van der Waals surface area contributed by atoms with E-state index in [1.807, 2.05) is 0 Å². The molecule has 0 aromatic carbocycles. The van der Waals surface area contributed by atoms with E-state index < -0.39 is 67.9 Å². The highest BCUT2D eigenvalue weighted by Crippen LogP contribution is 2.54. The Bertz CT molecular complexity index is 1300. The van der Waals surface area contributed by atoms with E-state index in [2.05, 4.69) is 0 Å². The van der Waals surface area contributed by atoms with Crippen LogP contribution in [0.2, 0.25) is 0 Å². The Balaban J connectivity index is -0.000000402. The van der Waals surface area contributed by atoms with Crippen LogP contribution in [0.25, 0.3) is 0 Å². The molecule has 0 radical (unpaired) electrons. The molecular formula is C36H72Cl12O16P4. The van der Waals surface area contributed by atoms with Crippen molar-refractivity contribution in [3.63, 3.8) is 0 Å². The second kappa shape index (κ2) is 44.9. The van der Waals surface area contributed by atoms with Crippen LogP contribution in [-0.4, -0.2) is 144 Å². The molecule has 0 saturated heterocycles. The largest absolute Gasteiger partial charge is 0.475 e. The normalized spacial score (nSPS) is 20.6. The molecule has 0 aromatic rings. The Morgan fingerprint density at radius 2 is 0.412 bits per heavy atom. The Kier molecular flexibility index (Phi) is 51.7. The standard InChI is InChI=1S/4C9H18Cl3O4P/c1-7(12)6-14-17(13,15-8(2)4-10)16-9(3)5-11;1-7(11)5-14-17(13,15-6-8(2)12)16-9(3)4-10;1-7(10)4-14-17(13,15-5-8(2)11)16-6-9(3)12;1-7(4-10)14-17(13,15-8(2)5-11)16-9(3)6-12/h4*7-9H,4-6H2,1-3H3. The Hall–Kier alpha value is 3.92. The Labute approximate surface area is 466 Å². The third-order valence-electron chi connectivity index (χ3n) is 5.93. The molecule has 12 unspecified atom stereocenters. The van der Waals surface area contributed by atoms with Crippen molar-refractivity contribution in [2.24, 2.45) is 0 Å². The van der Waals surface area contributed by atoms with Gasteiger partial charge in [-0.2, -0.15) is 0 Å². The number of phosphoric acid groups is 4. The summed E-state index contributed by atoms with van der Waals surface area (Å²) in [6.45, 7) is 20.6. The molecule has 0 bridgehead atoms. The van der Waals surface area contributed by atoms with E-state index in [4.69, 9.17) is 193 Å². The van der Waals surface area contributed by atoms with E-state index in [9.17, 15) is 18.3 Å². The summed E-state index contributed by atoms with van der Waals surface area (Å²) < 4.78 is 110. The van der Waals surface area contributed by atoms with Crippen molar-refractivity contribution >= 4 is 171 Å². The van der Waals surface area contributed by atoms with Gasteiger partial charge in [-0.05, 0) is 83.1 Å². The minimum absolute atomic E-state index is 0.0584. The van der Waals surface area contributed by atoms with Gasteiger partial charge in [-0.3, -0.25) is 54.3 Å². The summed E-state index contributed by atoms with van der Waals surface area (Å²) in [5, 5.41) is -1.77. The molecule has 0 aromatic heterocycles. The first-order valence-electron chi connectivity index (χ1n) is 20.8. The van der Waals surface area contributed by atoms with Crippen molar-refractivity contribution in [2.75, 3.05) is 74.9 Å². The van der Waals surface area contributed by atoms with Gasteiger partial charge in [0.15, 0.2) is 0 Å². The van der Waals surface area contributed by atoms with Crippen molar-refractivity contribution in [1.82, 2.24) is 0 Å². The van der Waals surface area contributed by atoms with E-state index >= 15 is 0 Å². The molecule has 0 amide bonds. The molecule has 0 N–H and O–H groups in total. The molecule has 0 aliphatic rings. The zero-order valence-corrected chi connectivity index (χ0v) is 52.9. The molecule has 0 rings (SSSR count). The molecule has 0 saturated carbocycles. The van der Waals surface area contributed by atoms with Crippen molar-refractivity contribution in [1.29, 1.82) is 0 Å². The zero-order valence-electron chi connectivity index (χ0n) is 40.3. The lowest BCUT2D eigenvalue weighted by Gasteiger charge is -2.25. The molecular weight excluding hydrogens is 1240 g/mol. The molecule has 416 valence electrons. The van der Waals surface area contributed by atoms with Crippen LogP contribution in [0.5, 0.6) is 0 Å². The van der Waals surface area contributed by atoms with Gasteiger partial charge in [-0.15, -0.1) is 139 Å². The van der Waals surface area contributed by atoms with Crippen LogP contribution in [0.1, 0.15) is 83.1 Å². The van der Waals surface area contributed by atoms with Crippen molar-refractivity contribution in [2.45, 2.75) is 152 Å². The van der Waals surface area contributed by atoms with Gasteiger partial charge in [-0.25, -0.2) is 18.3 Å². The maximum absolute atomic E-state index is 12.3. The van der Waals surface area contributed by atoms with Gasteiger partial charge in [-0.1, -0.05) is 0 Å². The summed E-state index contributed by atoms with van der Waals surface area (Å²) in [5.41, 5.74) is 0. The predicted octanol–water partition coefficient (Wildman–Crippen LogP) is 16.1. The van der Waals surface area contributed by atoms with Crippen LogP contribution in [0.4, 0.5) is 0 Å². The minimum atomic E-state index is -3.69. The molecule has 16 nitrogen and oxygen atoms in total. The molecule has 0 fully saturated rings. The number of hydrogen-bond acceptors (Lipinski definition) is 16. The summed E-state index contributed by atoms with van der Waals surface area (Å²) in [6.07, 6.45) is -2.70. The van der Waals surface area contributed by atoms with E-state index in [0.717, 1.165) is 0 Å². The van der Waals surface area contributed by atoms with Gasteiger partial charge in [0.1, 0.15) is 0 Å². The molecule has 32 heteroatoms. The van der Waals surface area contributed by atoms with E-state index in [1.165, 1.54) is 0 Å². The first-order valence-corrected chi connectivity index (χ1v) is 32.5. The highest BCUT2D eigenvalue weighted by Gasteiger charge is 2.35. The average Bonchev–Trinajstić information content (AvgIpc) is 3.25. The topological polar surface area (TPSA) is 179 Å². The second-order valence-electron chi connectivity index (χ2n) is 14.7. The molecule has 0 aliphatic carbocycles. The van der Waals surface area contributed by atoms with Gasteiger partial charge in [0.05, 0.1) is 109 Å². The van der Waals surface area contributed by atoms with Gasteiger partial charge in [0.25, 0.3) is 0 Å². The molecule has 0 heterocycles. The SMILES string of the molecule is CC(CCl)OP(=O)(OC(C)CCl)OC(C)CCl.CC(Cl)COP(=O)(OC(C)CCl)OC(C)CCl.CC(Cl)COP(=O)(OCC(C)Cl)OC(C)CCl.CC(Cl)COP(=O)(OCC(C)Cl)OCC(C)Cl. The van der Waals surface area contributed by atoms with Crippen molar-refractivity contribution in [3.05, 3.63) is 0 Å². The lowest BCUT2D eigenvalue weighted by molar-refractivity contribution is 0.0581. The third kappa shape index (κ3) is 49.5. The smallest absolute Gasteiger partial charge is 0.285 e. The Morgan fingerprint density at radius 3 is 0.588 bits per heavy atom. The molecule has 12 atom stereocenters. The van der Waals surface area contributed by atoms with E-state index in [-0.39, 0.29) is 107 Å². The fraction of sp³-hybridized carbons (Fsp3) is 1.00. The number of hydrogen-bond donors (Lipinski definition) is 0. The first kappa shape index (κ1) is 78.4. The summed E-state index contributed by atoms with van der Waals surface area (Å²) in [7, 11) is -14.6. The lowest BCUT2D eigenvalue weighted by atomic mass is 10.5. The van der Waals surface area contributed by atoms with E-state index in [1.54, 1.807) is 83.1 Å². The van der Waals surface area contributed by atoms with Crippen LogP contribution in [0, 0.1) is 0 Å². The lowest BCUT2D eigenvalue weighted by Crippen LogP contribution is -2.19. The third-order valence-corrected chi connectivity index (χ3v) is 15.8. The molecule has 68 heavy (non-hydrogen) atoms. The fourth-order valence-corrected chi connectivity index (χ4v) is 11.1. The van der Waals surface area contributed by atoms with Crippen molar-refractivity contribution in [3.8, 4) is 0 Å². The maximum atomic E-state index is 12.3. The zero-order chi connectivity index (χ0) is 53.9. The second-order valence-corrected chi connectivity index (χ2v) is 27.4. The van der Waals surface area contributed by atoms with Crippen molar-refractivity contribution < 1.29 is 72.5 Å². The summed E-state index contributed by atoms with van der Waals surface area (Å²) in [5.74, 6) is 1.10. The van der Waals surface area contributed by atoms with Gasteiger partial charge in [0.2, 0.25) is 0 Å². The molecule has 0 aliphatic heterocycles. The van der Waals surface area contributed by atoms with Crippen LogP contribution < -0.4 is 0 Å². The first-order chi connectivity index (χ1) is 31.2. The number of halogens is 12. The summed E-state index contributed by atoms with van der Waals surface area (Å²) >= 11 is 67.7. The summed E-state index contributed by atoms with van der Waals surface area (Å²) in [6, 6.07) is 0. The minimum Gasteiger partial charge on any atom is -0.285 e. The highest BCUT2D eigenvalue weighted by atomic mass is 35.5. The van der Waals surface area contributed by atoms with Gasteiger partial charge >= 0.3 is 31.3 Å². The monoisotopic (exact) mass is 1300 g/mol. The number of alkyl halides is 12. The maximum Gasteiger partial charge on any atom is 0.475 e. The number of rotatable bonds is 36. The quantitative estimate of drug-likeness (QED) is 0.0427. The highest BCUT2D eigenvalue weighted by molar-refractivity contribution is 7.49. The predicted molar refractivity (Wildman–Crippen MR) is 286 cm³/mol. The van der Waals surface area contributed by atoms with E-state index in [0.29, 0.717) is 0 Å². The van der Waals surface area contributed by atoms with Gasteiger partial charge in [0, 0.05) is 35.3 Å². The van der Waals surface area contributed by atoms with Crippen LogP contribution in [-0.2, 0) is 72.5 Å². The number of phosphoric ester groups is 4. The van der Waals surface area contributed by atoms with Crippen LogP contribution in [0.15, 0.2) is 0 Å².